The zero-order chi connectivity index (χ0) is 20.4. The van der Waals surface area contributed by atoms with Crippen molar-refractivity contribution in [3.8, 4) is 0 Å². The van der Waals surface area contributed by atoms with Crippen molar-refractivity contribution in [2.75, 3.05) is 12.4 Å². The van der Waals surface area contributed by atoms with Crippen LogP contribution in [0.4, 0.5) is 0 Å². The third-order valence-corrected chi connectivity index (χ3v) is 5.31. The second-order valence-corrected chi connectivity index (χ2v) is 7.38. The SMILES string of the molecule is CCOC(=O)CSc1nc2c(c(=O)n(C)c(=O)n2C)n1Cc1cccc(C)c1. The molecular formula is C19H22N4O4S. The number of ether oxygens (including phenoxy) is 1. The van der Waals surface area contributed by atoms with E-state index < -0.39 is 11.2 Å². The predicted molar refractivity (Wildman–Crippen MR) is 108 cm³/mol. The van der Waals surface area contributed by atoms with Gasteiger partial charge in [-0.25, -0.2) is 9.78 Å². The Morgan fingerprint density at radius 3 is 2.64 bits per heavy atom. The molecule has 0 bridgehead atoms. The summed E-state index contributed by atoms with van der Waals surface area (Å²) in [5.74, 6) is -0.289. The summed E-state index contributed by atoms with van der Waals surface area (Å²) < 4.78 is 9.15. The first kappa shape index (κ1) is 19.9. The molecule has 8 nitrogen and oxygen atoms in total. The van der Waals surface area contributed by atoms with Gasteiger partial charge >= 0.3 is 11.7 Å². The second kappa shape index (κ2) is 8.05. The molecule has 2 aromatic heterocycles. The Kier molecular flexibility index (Phi) is 5.73. The maximum absolute atomic E-state index is 12.8. The van der Waals surface area contributed by atoms with E-state index in [1.54, 1.807) is 18.5 Å². The Morgan fingerprint density at radius 2 is 1.96 bits per heavy atom. The number of aromatic nitrogens is 4. The van der Waals surface area contributed by atoms with Crippen molar-refractivity contribution in [3.63, 3.8) is 0 Å². The van der Waals surface area contributed by atoms with Crippen molar-refractivity contribution in [1.29, 1.82) is 0 Å². The molecule has 3 aromatic rings. The predicted octanol–water partition coefficient (Wildman–Crippen LogP) is 1.45. The number of fused-ring (bicyclic) bond motifs is 1. The Bertz CT molecular complexity index is 1160. The lowest BCUT2D eigenvalue weighted by atomic mass is 10.1. The highest BCUT2D eigenvalue weighted by atomic mass is 32.2. The van der Waals surface area contributed by atoms with Crippen LogP contribution in [0.5, 0.6) is 0 Å². The molecule has 0 aliphatic heterocycles. The molecule has 0 saturated heterocycles. The minimum atomic E-state index is -0.445. The molecule has 0 unspecified atom stereocenters. The van der Waals surface area contributed by atoms with Gasteiger partial charge in [0.1, 0.15) is 0 Å². The number of hydrogen-bond donors (Lipinski definition) is 0. The van der Waals surface area contributed by atoms with Gasteiger partial charge in [0.2, 0.25) is 0 Å². The maximum atomic E-state index is 12.8. The van der Waals surface area contributed by atoms with Crippen LogP contribution in [0.25, 0.3) is 11.2 Å². The van der Waals surface area contributed by atoms with Crippen LogP contribution in [0.3, 0.4) is 0 Å². The number of aryl methyl sites for hydroxylation is 2. The fraction of sp³-hybridized carbons (Fsp3) is 0.368. The van der Waals surface area contributed by atoms with Crippen LogP contribution >= 0.6 is 11.8 Å². The van der Waals surface area contributed by atoms with Crippen LogP contribution in [0.1, 0.15) is 18.1 Å². The van der Waals surface area contributed by atoms with E-state index >= 15 is 0 Å². The molecule has 9 heteroatoms. The molecule has 0 amide bonds. The molecule has 0 aliphatic rings. The number of thioether (sulfide) groups is 1. The van der Waals surface area contributed by atoms with Crippen molar-refractivity contribution >= 4 is 28.9 Å². The smallest absolute Gasteiger partial charge is 0.332 e. The molecular weight excluding hydrogens is 380 g/mol. The highest BCUT2D eigenvalue weighted by molar-refractivity contribution is 7.99. The van der Waals surface area contributed by atoms with Gasteiger partial charge in [-0.2, -0.15) is 0 Å². The van der Waals surface area contributed by atoms with E-state index in [1.807, 2.05) is 31.2 Å². The number of esters is 1. The van der Waals surface area contributed by atoms with E-state index in [2.05, 4.69) is 4.98 Å². The van der Waals surface area contributed by atoms with Gasteiger partial charge in [-0.05, 0) is 19.4 Å². The van der Waals surface area contributed by atoms with E-state index in [4.69, 9.17) is 4.74 Å². The normalized spacial score (nSPS) is 11.1. The van der Waals surface area contributed by atoms with Gasteiger partial charge in [-0.3, -0.25) is 18.7 Å². The highest BCUT2D eigenvalue weighted by Gasteiger charge is 2.20. The Hall–Kier alpha value is -2.81. The van der Waals surface area contributed by atoms with Gasteiger partial charge in [0.05, 0.1) is 18.9 Å². The highest BCUT2D eigenvalue weighted by Crippen LogP contribution is 2.23. The summed E-state index contributed by atoms with van der Waals surface area (Å²) in [7, 11) is 3.02. The van der Waals surface area contributed by atoms with Crippen LogP contribution in [-0.4, -0.2) is 37.0 Å². The summed E-state index contributed by atoms with van der Waals surface area (Å²) in [5, 5.41) is 0.489. The van der Waals surface area contributed by atoms with Gasteiger partial charge < -0.3 is 9.30 Å². The van der Waals surface area contributed by atoms with Crippen LogP contribution in [0.2, 0.25) is 0 Å². The number of rotatable bonds is 6. The molecule has 1 aromatic carbocycles. The van der Waals surface area contributed by atoms with Gasteiger partial charge in [0.25, 0.3) is 5.56 Å². The molecule has 0 radical (unpaired) electrons. The lowest BCUT2D eigenvalue weighted by molar-refractivity contribution is -0.139. The fourth-order valence-electron chi connectivity index (χ4n) is 3.00. The molecule has 148 valence electrons. The van der Waals surface area contributed by atoms with E-state index in [0.29, 0.717) is 29.5 Å². The van der Waals surface area contributed by atoms with Gasteiger partial charge in [-0.15, -0.1) is 0 Å². The molecule has 0 fully saturated rings. The number of hydrogen-bond acceptors (Lipinski definition) is 6. The standard InChI is InChI=1S/C19H22N4O4S/c1-5-27-14(24)11-28-18-20-16-15(17(25)22(4)19(26)21(16)3)23(18)10-13-8-6-7-12(2)9-13/h6-9H,5,10-11H2,1-4H3. The summed E-state index contributed by atoms with van der Waals surface area (Å²) in [4.78, 5) is 41.4. The molecule has 0 spiro atoms. The summed E-state index contributed by atoms with van der Waals surface area (Å²) in [5.41, 5.74) is 1.86. The molecule has 28 heavy (non-hydrogen) atoms. The van der Waals surface area contributed by atoms with Crippen LogP contribution in [-0.2, 0) is 30.2 Å². The molecule has 2 heterocycles. The number of carbonyl (C=O) groups is 1. The first-order valence-electron chi connectivity index (χ1n) is 8.83. The van der Waals surface area contributed by atoms with E-state index in [1.165, 1.54) is 23.4 Å². The van der Waals surface area contributed by atoms with E-state index in [9.17, 15) is 14.4 Å². The lowest BCUT2D eigenvalue weighted by Crippen LogP contribution is -2.37. The van der Waals surface area contributed by atoms with E-state index in [0.717, 1.165) is 15.7 Å². The zero-order valence-corrected chi connectivity index (χ0v) is 17.1. The summed E-state index contributed by atoms with van der Waals surface area (Å²) in [6.07, 6.45) is 0. The van der Waals surface area contributed by atoms with Crippen molar-refractivity contribution in [1.82, 2.24) is 18.7 Å². The van der Waals surface area contributed by atoms with Crippen molar-refractivity contribution < 1.29 is 9.53 Å². The Labute approximate surface area is 165 Å². The Balaban J connectivity index is 2.16. The van der Waals surface area contributed by atoms with Crippen molar-refractivity contribution in [3.05, 3.63) is 56.2 Å². The summed E-state index contributed by atoms with van der Waals surface area (Å²) in [6.45, 7) is 4.44. The van der Waals surface area contributed by atoms with Crippen LogP contribution in [0.15, 0.2) is 39.0 Å². The van der Waals surface area contributed by atoms with Gasteiger partial charge in [0, 0.05) is 14.1 Å². The average Bonchev–Trinajstić information content (AvgIpc) is 3.02. The Morgan fingerprint density at radius 1 is 1.21 bits per heavy atom. The van der Waals surface area contributed by atoms with Gasteiger partial charge in [0.15, 0.2) is 16.3 Å². The molecule has 0 saturated carbocycles. The minimum absolute atomic E-state index is 0.0687. The van der Waals surface area contributed by atoms with Crippen LogP contribution < -0.4 is 11.2 Å². The average molecular weight is 402 g/mol. The van der Waals surface area contributed by atoms with Crippen molar-refractivity contribution in [2.24, 2.45) is 14.1 Å². The zero-order valence-electron chi connectivity index (χ0n) is 16.3. The summed E-state index contributed by atoms with van der Waals surface area (Å²) >= 11 is 1.19. The second-order valence-electron chi connectivity index (χ2n) is 6.44. The van der Waals surface area contributed by atoms with Crippen molar-refractivity contribution in [2.45, 2.75) is 25.5 Å². The molecule has 3 rings (SSSR count). The third kappa shape index (κ3) is 3.75. The minimum Gasteiger partial charge on any atom is -0.465 e. The van der Waals surface area contributed by atoms with Crippen LogP contribution in [0, 0.1) is 6.92 Å². The monoisotopic (exact) mass is 402 g/mol. The quantitative estimate of drug-likeness (QED) is 0.458. The first-order valence-corrected chi connectivity index (χ1v) is 9.82. The topological polar surface area (TPSA) is 88.1 Å². The summed E-state index contributed by atoms with van der Waals surface area (Å²) in [6, 6.07) is 7.93. The number of carbonyl (C=O) groups excluding carboxylic acids is 1. The largest absolute Gasteiger partial charge is 0.465 e. The maximum Gasteiger partial charge on any atom is 0.332 e. The molecule has 0 N–H and O–H groups in total. The van der Waals surface area contributed by atoms with E-state index in [-0.39, 0.29) is 11.7 Å². The molecule has 0 aliphatic carbocycles. The third-order valence-electron chi connectivity index (χ3n) is 4.36. The number of nitrogens with zero attached hydrogens (tertiary/aromatic N) is 4. The lowest BCUT2D eigenvalue weighted by Gasteiger charge is -2.10. The first-order chi connectivity index (χ1) is 13.3. The fourth-order valence-corrected chi connectivity index (χ4v) is 3.80. The molecule has 0 atom stereocenters. The number of benzene rings is 1. The number of imidazole rings is 1. The van der Waals surface area contributed by atoms with Gasteiger partial charge in [-0.1, -0.05) is 41.6 Å².